The Bertz CT molecular complexity index is 596. The molecule has 0 aliphatic rings. The molecular weight excluding hydrogens is 282 g/mol. The molecule has 2 aromatic carbocycles. The molecule has 0 saturated carbocycles. The molecule has 0 fully saturated rings. The zero-order valence-corrected chi connectivity index (χ0v) is 12.9. The number of rotatable bonds is 7. The van der Waals surface area contributed by atoms with Gasteiger partial charge in [-0.05, 0) is 31.2 Å². The van der Waals surface area contributed by atoms with Crippen LogP contribution in [0.1, 0.15) is 17.5 Å². The first-order valence-electron chi connectivity index (χ1n) is 6.88. The highest BCUT2D eigenvalue weighted by Gasteiger charge is 2.04. The SMILES string of the molecule is Cc1ccc(OCCCOc2ccccc2C(N)=S)cc1. The van der Waals surface area contributed by atoms with Gasteiger partial charge in [-0.1, -0.05) is 42.0 Å². The number of hydrogen-bond donors (Lipinski definition) is 1. The Balaban J connectivity index is 1.75. The summed E-state index contributed by atoms with van der Waals surface area (Å²) in [5.41, 5.74) is 7.65. The lowest BCUT2D eigenvalue weighted by Crippen LogP contribution is -2.12. The standard InChI is InChI=1S/C17H19NO2S/c1-13-7-9-14(10-8-13)19-11-4-12-20-16-6-3-2-5-15(16)17(18)21/h2-3,5-10H,4,11-12H2,1H3,(H2,18,21). The van der Waals surface area contributed by atoms with Gasteiger partial charge in [0.15, 0.2) is 0 Å². The molecule has 0 heterocycles. The molecule has 2 rings (SSSR count). The summed E-state index contributed by atoms with van der Waals surface area (Å²) >= 11 is 5.00. The van der Waals surface area contributed by atoms with Gasteiger partial charge in [0.05, 0.1) is 18.8 Å². The van der Waals surface area contributed by atoms with Crippen LogP contribution in [0.3, 0.4) is 0 Å². The van der Waals surface area contributed by atoms with E-state index in [1.54, 1.807) is 0 Å². The highest BCUT2D eigenvalue weighted by atomic mass is 32.1. The van der Waals surface area contributed by atoms with Crippen molar-refractivity contribution in [1.29, 1.82) is 0 Å². The number of ether oxygens (including phenoxy) is 2. The number of nitrogens with two attached hydrogens (primary N) is 1. The summed E-state index contributed by atoms with van der Waals surface area (Å²) in [7, 11) is 0. The summed E-state index contributed by atoms with van der Waals surface area (Å²) in [6.45, 7) is 3.22. The van der Waals surface area contributed by atoms with E-state index in [0.29, 0.717) is 18.2 Å². The van der Waals surface area contributed by atoms with Crippen molar-refractivity contribution >= 4 is 17.2 Å². The molecule has 0 aliphatic carbocycles. The largest absolute Gasteiger partial charge is 0.493 e. The molecule has 0 unspecified atom stereocenters. The Kier molecular flexibility index (Phi) is 5.58. The first kappa shape index (κ1) is 15.3. The first-order chi connectivity index (χ1) is 10.2. The van der Waals surface area contributed by atoms with Crippen molar-refractivity contribution in [3.63, 3.8) is 0 Å². The fourth-order valence-corrected chi connectivity index (χ4v) is 2.03. The van der Waals surface area contributed by atoms with E-state index in [2.05, 4.69) is 6.92 Å². The van der Waals surface area contributed by atoms with E-state index in [1.165, 1.54) is 5.56 Å². The van der Waals surface area contributed by atoms with Crippen molar-refractivity contribution in [3.8, 4) is 11.5 Å². The molecule has 0 amide bonds. The van der Waals surface area contributed by atoms with Crippen LogP contribution in [-0.4, -0.2) is 18.2 Å². The van der Waals surface area contributed by atoms with Gasteiger partial charge in [0.25, 0.3) is 0 Å². The zero-order chi connectivity index (χ0) is 15.1. The molecular formula is C17H19NO2S. The number of hydrogen-bond acceptors (Lipinski definition) is 3. The van der Waals surface area contributed by atoms with Gasteiger partial charge in [-0.2, -0.15) is 0 Å². The maximum absolute atomic E-state index is 5.71. The molecule has 0 spiro atoms. The van der Waals surface area contributed by atoms with Crippen LogP contribution in [0.2, 0.25) is 0 Å². The molecule has 0 aromatic heterocycles. The predicted octanol–water partition coefficient (Wildman–Crippen LogP) is 3.48. The minimum atomic E-state index is 0.349. The maximum atomic E-state index is 5.71. The number of aryl methyl sites for hydroxylation is 1. The maximum Gasteiger partial charge on any atom is 0.129 e. The van der Waals surface area contributed by atoms with Gasteiger partial charge < -0.3 is 15.2 Å². The average Bonchev–Trinajstić information content (AvgIpc) is 2.49. The molecule has 3 nitrogen and oxygen atoms in total. The topological polar surface area (TPSA) is 44.5 Å². The Morgan fingerprint density at radius 2 is 1.67 bits per heavy atom. The number of benzene rings is 2. The van der Waals surface area contributed by atoms with E-state index in [1.807, 2.05) is 48.5 Å². The lowest BCUT2D eigenvalue weighted by Gasteiger charge is -2.11. The molecule has 0 atom stereocenters. The number of thiocarbonyl (C=S) groups is 1. The minimum Gasteiger partial charge on any atom is -0.493 e. The summed E-state index contributed by atoms with van der Waals surface area (Å²) in [6.07, 6.45) is 0.791. The first-order valence-corrected chi connectivity index (χ1v) is 7.29. The van der Waals surface area contributed by atoms with E-state index < -0.39 is 0 Å². The lowest BCUT2D eigenvalue weighted by atomic mass is 10.2. The quantitative estimate of drug-likeness (QED) is 0.628. The van der Waals surface area contributed by atoms with Gasteiger partial charge in [0, 0.05) is 6.42 Å². The molecule has 21 heavy (non-hydrogen) atoms. The van der Waals surface area contributed by atoms with E-state index in [4.69, 9.17) is 27.4 Å². The lowest BCUT2D eigenvalue weighted by molar-refractivity contribution is 0.247. The van der Waals surface area contributed by atoms with E-state index in [0.717, 1.165) is 23.5 Å². The highest BCUT2D eigenvalue weighted by Crippen LogP contribution is 2.18. The molecule has 110 valence electrons. The average molecular weight is 301 g/mol. The second kappa shape index (κ2) is 7.64. The highest BCUT2D eigenvalue weighted by molar-refractivity contribution is 7.80. The van der Waals surface area contributed by atoms with Gasteiger partial charge >= 0.3 is 0 Å². The second-order valence-electron chi connectivity index (χ2n) is 4.72. The van der Waals surface area contributed by atoms with Crippen LogP contribution in [0.25, 0.3) is 0 Å². The van der Waals surface area contributed by atoms with Gasteiger partial charge in [-0.25, -0.2) is 0 Å². The van der Waals surface area contributed by atoms with E-state index >= 15 is 0 Å². The van der Waals surface area contributed by atoms with E-state index in [-0.39, 0.29) is 0 Å². The van der Waals surface area contributed by atoms with Crippen molar-refractivity contribution in [3.05, 3.63) is 59.7 Å². The summed E-state index contributed by atoms with van der Waals surface area (Å²) < 4.78 is 11.4. The minimum absolute atomic E-state index is 0.349. The molecule has 2 N–H and O–H groups in total. The Morgan fingerprint density at radius 3 is 2.38 bits per heavy atom. The van der Waals surface area contributed by atoms with Gasteiger partial charge in [-0.3, -0.25) is 0 Å². The van der Waals surface area contributed by atoms with Crippen molar-refractivity contribution < 1.29 is 9.47 Å². The summed E-state index contributed by atoms with van der Waals surface area (Å²) in [5, 5.41) is 0. The van der Waals surface area contributed by atoms with Crippen LogP contribution >= 0.6 is 12.2 Å². The molecule has 0 bridgehead atoms. The third-order valence-electron chi connectivity index (χ3n) is 2.99. The third-order valence-corrected chi connectivity index (χ3v) is 3.21. The molecule has 0 radical (unpaired) electrons. The predicted molar refractivity (Wildman–Crippen MR) is 89.1 cm³/mol. The van der Waals surface area contributed by atoms with Crippen LogP contribution in [0, 0.1) is 6.92 Å². The molecule has 4 heteroatoms. The van der Waals surface area contributed by atoms with Crippen LogP contribution in [-0.2, 0) is 0 Å². The van der Waals surface area contributed by atoms with Crippen LogP contribution in [0.4, 0.5) is 0 Å². The fraction of sp³-hybridized carbons (Fsp3) is 0.235. The number of para-hydroxylation sites is 1. The van der Waals surface area contributed by atoms with Crippen LogP contribution in [0.15, 0.2) is 48.5 Å². The summed E-state index contributed by atoms with van der Waals surface area (Å²) in [6, 6.07) is 15.5. The summed E-state index contributed by atoms with van der Waals surface area (Å²) in [4.78, 5) is 0.349. The smallest absolute Gasteiger partial charge is 0.129 e. The molecule has 0 saturated heterocycles. The fourth-order valence-electron chi connectivity index (χ4n) is 1.86. The zero-order valence-electron chi connectivity index (χ0n) is 12.0. The second-order valence-corrected chi connectivity index (χ2v) is 5.16. The Hall–Kier alpha value is -2.07. The monoisotopic (exact) mass is 301 g/mol. The third kappa shape index (κ3) is 4.76. The van der Waals surface area contributed by atoms with E-state index in [9.17, 15) is 0 Å². The van der Waals surface area contributed by atoms with Crippen LogP contribution < -0.4 is 15.2 Å². The molecule has 2 aromatic rings. The Labute approximate surface area is 130 Å². The molecule has 0 aliphatic heterocycles. The van der Waals surface area contributed by atoms with Crippen molar-refractivity contribution in [1.82, 2.24) is 0 Å². The summed E-state index contributed by atoms with van der Waals surface area (Å²) in [5.74, 6) is 1.60. The van der Waals surface area contributed by atoms with Crippen molar-refractivity contribution in [2.75, 3.05) is 13.2 Å². The van der Waals surface area contributed by atoms with Crippen LogP contribution in [0.5, 0.6) is 11.5 Å². The normalized spacial score (nSPS) is 10.1. The van der Waals surface area contributed by atoms with Crippen molar-refractivity contribution in [2.24, 2.45) is 5.73 Å². The van der Waals surface area contributed by atoms with Crippen molar-refractivity contribution in [2.45, 2.75) is 13.3 Å². The van der Waals surface area contributed by atoms with Gasteiger partial charge in [0.2, 0.25) is 0 Å². The van der Waals surface area contributed by atoms with Gasteiger partial charge in [-0.15, -0.1) is 0 Å². The Morgan fingerprint density at radius 1 is 1.00 bits per heavy atom. The van der Waals surface area contributed by atoms with Gasteiger partial charge in [0.1, 0.15) is 16.5 Å².